The van der Waals surface area contributed by atoms with E-state index in [9.17, 15) is 4.79 Å². The minimum absolute atomic E-state index is 0.0312. The molecule has 1 aromatic rings. The Morgan fingerprint density at radius 1 is 1.63 bits per heavy atom. The van der Waals surface area contributed by atoms with Crippen LogP contribution in [0.1, 0.15) is 18.6 Å². The number of halogens is 1. The molecule has 1 aliphatic heterocycles. The number of carbonyl (C=O) groups is 1. The summed E-state index contributed by atoms with van der Waals surface area (Å²) in [6, 6.07) is 5.37. The summed E-state index contributed by atoms with van der Waals surface area (Å²) < 4.78 is 11.4. The largest absolute Gasteiger partial charge is 0.451 e. The standard InChI is InChI=1S/C13H13IN2O3/c14-12-4-3-10(19-12)6-9(7-15)13(17)16-8-11-2-1-5-18-11/h3-4,6,11H,1-2,5,8H2,(H,16,17). The first-order valence-electron chi connectivity index (χ1n) is 5.96. The van der Waals surface area contributed by atoms with Crippen LogP contribution in [0.15, 0.2) is 22.1 Å². The van der Waals surface area contributed by atoms with E-state index in [2.05, 4.69) is 5.32 Å². The van der Waals surface area contributed by atoms with Crippen molar-refractivity contribution in [3.8, 4) is 6.07 Å². The Morgan fingerprint density at radius 3 is 3.05 bits per heavy atom. The summed E-state index contributed by atoms with van der Waals surface area (Å²) in [4.78, 5) is 11.8. The minimum atomic E-state index is -0.399. The Bertz CT molecular complexity index is 524. The van der Waals surface area contributed by atoms with E-state index in [1.807, 2.05) is 28.7 Å². The second kappa shape index (κ2) is 6.73. The summed E-state index contributed by atoms with van der Waals surface area (Å²) in [6.45, 7) is 1.18. The van der Waals surface area contributed by atoms with E-state index in [0.717, 1.165) is 19.4 Å². The van der Waals surface area contributed by atoms with Crippen LogP contribution in [0, 0.1) is 15.1 Å². The van der Waals surface area contributed by atoms with Gasteiger partial charge < -0.3 is 14.5 Å². The zero-order valence-corrected chi connectivity index (χ0v) is 12.3. The van der Waals surface area contributed by atoms with Crippen molar-refractivity contribution >= 4 is 34.6 Å². The highest BCUT2D eigenvalue weighted by Gasteiger charge is 2.17. The molecule has 1 fully saturated rings. The van der Waals surface area contributed by atoms with E-state index < -0.39 is 5.91 Å². The van der Waals surface area contributed by atoms with Crippen LogP contribution in [0.4, 0.5) is 0 Å². The molecule has 1 aliphatic rings. The molecule has 0 bridgehead atoms. The van der Waals surface area contributed by atoms with Gasteiger partial charge in [0, 0.05) is 19.2 Å². The summed E-state index contributed by atoms with van der Waals surface area (Å²) in [5.41, 5.74) is 0.0312. The Balaban J connectivity index is 1.95. The van der Waals surface area contributed by atoms with Crippen LogP contribution in [-0.4, -0.2) is 25.2 Å². The fourth-order valence-corrected chi connectivity index (χ4v) is 2.24. The van der Waals surface area contributed by atoms with Gasteiger partial charge in [-0.05, 0) is 47.6 Å². The predicted octanol–water partition coefficient (Wildman–Crippen LogP) is 2.09. The third kappa shape index (κ3) is 4.08. The Hall–Kier alpha value is -1.33. The highest BCUT2D eigenvalue weighted by Crippen LogP contribution is 2.14. The number of ether oxygens (including phenoxy) is 1. The number of nitrogens with zero attached hydrogens (tertiary/aromatic N) is 1. The van der Waals surface area contributed by atoms with E-state index >= 15 is 0 Å². The zero-order valence-electron chi connectivity index (χ0n) is 10.2. The molecule has 2 rings (SSSR count). The molecule has 5 nitrogen and oxygen atoms in total. The maximum absolute atomic E-state index is 11.8. The van der Waals surface area contributed by atoms with E-state index in [0.29, 0.717) is 16.1 Å². The molecule has 1 amide bonds. The molecule has 0 spiro atoms. The molecule has 100 valence electrons. The fraction of sp³-hybridized carbons (Fsp3) is 0.385. The SMILES string of the molecule is N#CC(=Cc1ccc(I)o1)C(=O)NCC1CCCO1. The van der Waals surface area contributed by atoms with E-state index in [1.54, 1.807) is 12.1 Å². The van der Waals surface area contributed by atoms with Crippen molar-refractivity contribution in [2.24, 2.45) is 0 Å². The van der Waals surface area contributed by atoms with Crippen LogP contribution in [0.25, 0.3) is 6.08 Å². The molecule has 1 aromatic heterocycles. The molecule has 19 heavy (non-hydrogen) atoms. The lowest BCUT2D eigenvalue weighted by Gasteiger charge is -2.09. The molecule has 0 saturated carbocycles. The maximum atomic E-state index is 11.8. The first kappa shape index (κ1) is 14.1. The highest BCUT2D eigenvalue weighted by molar-refractivity contribution is 14.1. The molecule has 1 unspecified atom stereocenters. The van der Waals surface area contributed by atoms with Crippen LogP contribution >= 0.6 is 22.6 Å². The number of furan rings is 1. The molecular weight excluding hydrogens is 359 g/mol. The fourth-order valence-electron chi connectivity index (χ4n) is 1.80. The number of nitriles is 1. The number of nitrogens with one attached hydrogen (secondary N) is 1. The van der Waals surface area contributed by atoms with E-state index in [4.69, 9.17) is 14.4 Å². The number of rotatable bonds is 4. The number of carbonyl (C=O) groups excluding carboxylic acids is 1. The van der Waals surface area contributed by atoms with Gasteiger partial charge in [-0.3, -0.25) is 4.79 Å². The van der Waals surface area contributed by atoms with Gasteiger partial charge in [0.25, 0.3) is 5.91 Å². The van der Waals surface area contributed by atoms with Gasteiger partial charge in [-0.1, -0.05) is 0 Å². The smallest absolute Gasteiger partial charge is 0.262 e. The maximum Gasteiger partial charge on any atom is 0.262 e. The summed E-state index contributed by atoms with van der Waals surface area (Å²) in [7, 11) is 0. The van der Waals surface area contributed by atoms with E-state index in [1.165, 1.54) is 6.08 Å². The average Bonchev–Trinajstić information content (AvgIpc) is 3.04. The van der Waals surface area contributed by atoms with Crippen molar-refractivity contribution in [2.45, 2.75) is 18.9 Å². The van der Waals surface area contributed by atoms with Crippen LogP contribution in [0.5, 0.6) is 0 Å². The number of hydrogen-bond acceptors (Lipinski definition) is 4. The number of hydrogen-bond donors (Lipinski definition) is 1. The molecular formula is C13H13IN2O3. The lowest BCUT2D eigenvalue weighted by molar-refractivity contribution is -0.117. The topological polar surface area (TPSA) is 75.3 Å². The minimum Gasteiger partial charge on any atom is -0.451 e. The lowest BCUT2D eigenvalue weighted by atomic mass is 10.2. The zero-order chi connectivity index (χ0) is 13.7. The second-order valence-electron chi connectivity index (χ2n) is 4.16. The monoisotopic (exact) mass is 372 g/mol. The van der Waals surface area contributed by atoms with Crippen molar-refractivity contribution in [1.29, 1.82) is 5.26 Å². The van der Waals surface area contributed by atoms with Gasteiger partial charge >= 0.3 is 0 Å². The Morgan fingerprint density at radius 2 is 2.47 bits per heavy atom. The van der Waals surface area contributed by atoms with Crippen molar-refractivity contribution in [2.75, 3.05) is 13.2 Å². The first-order chi connectivity index (χ1) is 9.19. The van der Waals surface area contributed by atoms with Crippen molar-refractivity contribution in [1.82, 2.24) is 5.32 Å². The quantitative estimate of drug-likeness (QED) is 0.499. The van der Waals surface area contributed by atoms with Gasteiger partial charge in [-0.25, -0.2) is 0 Å². The van der Waals surface area contributed by atoms with Crippen molar-refractivity contribution < 1.29 is 13.9 Å². The van der Waals surface area contributed by atoms with Gasteiger partial charge in [0.2, 0.25) is 0 Å². The van der Waals surface area contributed by atoms with Crippen LogP contribution in [-0.2, 0) is 9.53 Å². The summed E-state index contributed by atoms with van der Waals surface area (Å²) in [5.74, 6) is 0.0950. The van der Waals surface area contributed by atoms with Crippen LogP contribution < -0.4 is 5.32 Å². The summed E-state index contributed by atoms with van der Waals surface area (Å²) in [6.07, 6.45) is 3.47. The molecule has 1 saturated heterocycles. The lowest BCUT2D eigenvalue weighted by Crippen LogP contribution is -2.32. The Labute approximate surface area is 124 Å². The highest BCUT2D eigenvalue weighted by atomic mass is 127. The van der Waals surface area contributed by atoms with Crippen LogP contribution in [0.2, 0.25) is 0 Å². The Kier molecular flexibility index (Phi) is 4.99. The third-order valence-electron chi connectivity index (χ3n) is 2.76. The van der Waals surface area contributed by atoms with E-state index in [-0.39, 0.29) is 11.7 Å². The van der Waals surface area contributed by atoms with Gasteiger partial charge in [0.1, 0.15) is 17.4 Å². The molecule has 0 radical (unpaired) electrons. The van der Waals surface area contributed by atoms with Crippen LogP contribution in [0.3, 0.4) is 0 Å². The molecule has 1 atom stereocenters. The molecule has 6 heteroatoms. The van der Waals surface area contributed by atoms with Crippen molar-refractivity contribution in [3.63, 3.8) is 0 Å². The molecule has 0 aliphatic carbocycles. The van der Waals surface area contributed by atoms with Gasteiger partial charge in [0.15, 0.2) is 3.77 Å². The van der Waals surface area contributed by atoms with Gasteiger partial charge in [-0.15, -0.1) is 0 Å². The third-order valence-corrected chi connectivity index (χ3v) is 3.34. The molecule has 0 aromatic carbocycles. The first-order valence-corrected chi connectivity index (χ1v) is 7.04. The second-order valence-corrected chi connectivity index (χ2v) is 5.22. The van der Waals surface area contributed by atoms with Gasteiger partial charge in [0.05, 0.1) is 6.10 Å². The average molecular weight is 372 g/mol. The predicted molar refractivity (Wildman–Crippen MR) is 77.0 cm³/mol. The molecule has 1 N–H and O–H groups in total. The van der Waals surface area contributed by atoms with Crippen molar-refractivity contribution in [3.05, 3.63) is 27.2 Å². The number of amides is 1. The molecule has 2 heterocycles. The summed E-state index contributed by atoms with van der Waals surface area (Å²) in [5, 5.41) is 11.7. The summed E-state index contributed by atoms with van der Waals surface area (Å²) >= 11 is 2.02. The normalized spacial score (nSPS) is 19.2. The van der Waals surface area contributed by atoms with Gasteiger partial charge in [-0.2, -0.15) is 5.26 Å².